The molecule has 0 aliphatic heterocycles. The lowest BCUT2D eigenvalue weighted by Gasteiger charge is -2.07. The monoisotopic (exact) mass is 238 g/mol. The Morgan fingerprint density at radius 1 is 1.44 bits per heavy atom. The Bertz CT molecular complexity index is 335. The molecule has 0 saturated carbocycles. The molecule has 0 saturated heterocycles. The van der Waals surface area contributed by atoms with Crippen LogP contribution in [0.25, 0.3) is 0 Å². The highest BCUT2D eigenvalue weighted by atomic mass is 32.2. The van der Waals surface area contributed by atoms with E-state index in [1.807, 2.05) is 0 Å². The summed E-state index contributed by atoms with van der Waals surface area (Å²) < 4.78 is 0. The van der Waals surface area contributed by atoms with Gasteiger partial charge in [-0.05, 0) is 26.0 Å². The Morgan fingerprint density at radius 3 is 2.62 bits per heavy atom. The van der Waals surface area contributed by atoms with Crippen molar-refractivity contribution in [2.24, 2.45) is 5.73 Å². The molecule has 0 aliphatic carbocycles. The molecule has 0 spiro atoms. The summed E-state index contributed by atoms with van der Waals surface area (Å²) in [5, 5.41) is 2.78. The Labute approximate surface area is 101 Å². The molecular weight excluding hydrogens is 220 g/mol. The van der Waals surface area contributed by atoms with Crippen LogP contribution in [0.5, 0.6) is 0 Å². The van der Waals surface area contributed by atoms with Crippen LogP contribution in [-0.4, -0.2) is 24.2 Å². The van der Waals surface area contributed by atoms with Gasteiger partial charge in [0, 0.05) is 17.2 Å². The quantitative estimate of drug-likeness (QED) is 0.604. The Balaban J connectivity index is 2.21. The Hall–Kier alpha value is -1.00. The molecule has 16 heavy (non-hydrogen) atoms. The molecule has 3 nitrogen and oxygen atoms in total. The van der Waals surface area contributed by atoms with Gasteiger partial charge in [-0.3, -0.25) is 4.79 Å². The molecule has 1 aromatic carbocycles. The molecule has 0 radical (unpaired) electrons. The van der Waals surface area contributed by atoms with E-state index in [1.165, 1.54) is 10.5 Å². The van der Waals surface area contributed by atoms with Crippen molar-refractivity contribution in [3.63, 3.8) is 0 Å². The van der Waals surface area contributed by atoms with Gasteiger partial charge in [-0.1, -0.05) is 17.7 Å². The lowest BCUT2D eigenvalue weighted by molar-refractivity contribution is -0.121. The molecule has 0 heterocycles. The van der Waals surface area contributed by atoms with Crippen LogP contribution in [0.15, 0.2) is 29.2 Å². The number of aryl methyl sites for hydroxylation is 1. The average Bonchev–Trinajstić information content (AvgIpc) is 2.26. The van der Waals surface area contributed by atoms with Crippen LogP contribution < -0.4 is 11.1 Å². The molecule has 0 fully saturated rings. The summed E-state index contributed by atoms with van der Waals surface area (Å²) in [6.45, 7) is 4.40. The number of thioether (sulfide) groups is 1. The van der Waals surface area contributed by atoms with Gasteiger partial charge >= 0.3 is 0 Å². The second kappa shape index (κ2) is 6.55. The van der Waals surface area contributed by atoms with Crippen LogP contribution in [0.3, 0.4) is 0 Å². The van der Waals surface area contributed by atoms with Gasteiger partial charge in [-0.25, -0.2) is 0 Å². The third-order valence-electron chi connectivity index (χ3n) is 2.10. The van der Waals surface area contributed by atoms with Crippen molar-refractivity contribution in [1.29, 1.82) is 0 Å². The van der Waals surface area contributed by atoms with Crippen molar-refractivity contribution in [3.05, 3.63) is 29.8 Å². The Kier molecular flexibility index (Phi) is 5.35. The van der Waals surface area contributed by atoms with Crippen molar-refractivity contribution in [1.82, 2.24) is 5.32 Å². The zero-order chi connectivity index (χ0) is 12.0. The second-order valence-corrected chi connectivity index (χ2v) is 4.91. The number of benzene rings is 1. The number of nitrogens with one attached hydrogen (secondary N) is 1. The predicted octanol–water partition coefficient (Wildman–Crippen LogP) is 1.55. The first-order chi connectivity index (χ1) is 7.59. The van der Waals surface area contributed by atoms with Crippen LogP contribution in [0, 0.1) is 6.92 Å². The van der Waals surface area contributed by atoms with Crippen molar-refractivity contribution in [3.8, 4) is 0 Å². The van der Waals surface area contributed by atoms with E-state index in [4.69, 9.17) is 5.73 Å². The predicted molar refractivity (Wildman–Crippen MR) is 68.6 cm³/mol. The van der Waals surface area contributed by atoms with Gasteiger partial charge in [0.2, 0.25) is 5.91 Å². The van der Waals surface area contributed by atoms with E-state index in [0.29, 0.717) is 6.54 Å². The zero-order valence-electron chi connectivity index (χ0n) is 9.69. The third-order valence-corrected chi connectivity index (χ3v) is 3.12. The first-order valence-electron chi connectivity index (χ1n) is 5.32. The highest BCUT2D eigenvalue weighted by molar-refractivity contribution is 7.99. The number of carbonyl (C=O) groups excluding carboxylic acids is 1. The highest BCUT2D eigenvalue weighted by Gasteiger charge is 2.05. The summed E-state index contributed by atoms with van der Waals surface area (Å²) in [5.74, 6) is 0.770. The van der Waals surface area contributed by atoms with Crippen LogP contribution in [0.2, 0.25) is 0 Å². The fourth-order valence-corrected chi connectivity index (χ4v) is 1.91. The zero-order valence-corrected chi connectivity index (χ0v) is 10.5. The minimum atomic E-state index is -0.427. The summed E-state index contributed by atoms with van der Waals surface area (Å²) in [4.78, 5) is 12.4. The van der Waals surface area contributed by atoms with E-state index in [-0.39, 0.29) is 5.91 Å². The normalized spacial score (nSPS) is 12.2. The number of rotatable bonds is 5. The third kappa shape index (κ3) is 4.68. The van der Waals surface area contributed by atoms with Gasteiger partial charge in [-0.15, -0.1) is 11.8 Å². The minimum Gasteiger partial charge on any atom is -0.354 e. The van der Waals surface area contributed by atoms with Gasteiger partial charge in [0.15, 0.2) is 0 Å². The molecule has 0 unspecified atom stereocenters. The number of carbonyl (C=O) groups is 1. The molecule has 1 rings (SSSR count). The smallest absolute Gasteiger partial charge is 0.236 e. The van der Waals surface area contributed by atoms with Gasteiger partial charge < -0.3 is 11.1 Å². The van der Waals surface area contributed by atoms with Crippen molar-refractivity contribution >= 4 is 17.7 Å². The van der Waals surface area contributed by atoms with E-state index in [0.717, 1.165) is 5.75 Å². The average molecular weight is 238 g/mol. The summed E-state index contributed by atoms with van der Waals surface area (Å²) in [7, 11) is 0. The maximum absolute atomic E-state index is 11.2. The number of hydrogen-bond acceptors (Lipinski definition) is 3. The van der Waals surface area contributed by atoms with E-state index < -0.39 is 6.04 Å². The van der Waals surface area contributed by atoms with Crippen molar-refractivity contribution < 1.29 is 4.79 Å². The fourth-order valence-electron chi connectivity index (χ4n) is 1.14. The second-order valence-electron chi connectivity index (χ2n) is 3.74. The van der Waals surface area contributed by atoms with Crippen LogP contribution in [0.1, 0.15) is 12.5 Å². The Morgan fingerprint density at radius 2 is 2.06 bits per heavy atom. The fraction of sp³-hybridized carbons (Fsp3) is 0.417. The van der Waals surface area contributed by atoms with E-state index in [2.05, 4.69) is 36.5 Å². The highest BCUT2D eigenvalue weighted by Crippen LogP contribution is 2.17. The molecule has 4 heteroatoms. The van der Waals surface area contributed by atoms with Gasteiger partial charge in [-0.2, -0.15) is 0 Å². The summed E-state index contributed by atoms with van der Waals surface area (Å²) in [5.41, 5.74) is 6.69. The van der Waals surface area contributed by atoms with E-state index in [9.17, 15) is 4.79 Å². The van der Waals surface area contributed by atoms with Crippen LogP contribution >= 0.6 is 11.8 Å². The summed E-state index contributed by atoms with van der Waals surface area (Å²) in [6.07, 6.45) is 0. The molecule has 1 aromatic rings. The number of hydrogen-bond donors (Lipinski definition) is 2. The van der Waals surface area contributed by atoms with E-state index in [1.54, 1.807) is 18.7 Å². The summed E-state index contributed by atoms with van der Waals surface area (Å²) in [6, 6.07) is 7.93. The lowest BCUT2D eigenvalue weighted by Crippen LogP contribution is -2.39. The van der Waals surface area contributed by atoms with E-state index >= 15 is 0 Å². The maximum atomic E-state index is 11.2. The lowest BCUT2D eigenvalue weighted by atomic mass is 10.2. The maximum Gasteiger partial charge on any atom is 0.236 e. The molecule has 1 amide bonds. The van der Waals surface area contributed by atoms with Gasteiger partial charge in [0.05, 0.1) is 6.04 Å². The van der Waals surface area contributed by atoms with Crippen LogP contribution in [0.4, 0.5) is 0 Å². The molecule has 88 valence electrons. The SMILES string of the molecule is Cc1ccc(SCCNC(=O)[C@@H](C)N)cc1. The molecule has 0 aliphatic rings. The van der Waals surface area contributed by atoms with Crippen molar-refractivity contribution in [2.45, 2.75) is 24.8 Å². The van der Waals surface area contributed by atoms with Gasteiger partial charge in [0.25, 0.3) is 0 Å². The molecule has 0 aromatic heterocycles. The van der Waals surface area contributed by atoms with Gasteiger partial charge in [0.1, 0.15) is 0 Å². The topological polar surface area (TPSA) is 55.1 Å². The standard InChI is InChI=1S/C12H18N2OS/c1-9-3-5-11(6-4-9)16-8-7-14-12(15)10(2)13/h3-6,10H,7-8,13H2,1-2H3,(H,14,15)/t10-/m1/s1. The first kappa shape index (κ1) is 13.1. The molecule has 1 atom stereocenters. The minimum absolute atomic E-state index is 0.0930. The molecule has 3 N–H and O–H groups in total. The number of amides is 1. The largest absolute Gasteiger partial charge is 0.354 e. The number of nitrogens with two attached hydrogens (primary N) is 1. The molecular formula is C12H18N2OS. The van der Waals surface area contributed by atoms with Crippen molar-refractivity contribution in [2.75, 3.05) is 12.3 Å². The van der Waals surface area contributed by atoms with Crippen LogP contribution in [-0.2, 0) is 4.79 Å². The molecule has 0 bridgehead atoms. The first-order valence-corrected chi connectivity index (χ1v) is 6.31. The summed E-state index contributed by atoms with van der Waals surface area (Å²) >= 11 is 1.73.